The summed E-state index contributed by atoms with van der Waals surface area (Å²) in [4.78, 5) is 24.1. The van der Waals surface area contributed by atoms with Crippen LogP contribution in [0.5, 0.6) is 0 Å². The maximum absolute atomic E-state index is 13.3. The summed E-state index contributed by atoms with van der Waals surface area (Å²) < 4.78 is 7.13. The Bertz CT molecular complexity index is 1320. The molecule has 0 N–H and O–H groups in total. The third-order valence-electron chi connectivity index (χ3n) is 6.25. The molecule has 0 radical (unpaired) electrons. The quantitative estimate of drug-likeness (QED) is 0.494. The monoisotopic (exact) mass is 426 g/mol. The Labute approximate surface area is 184 Å². The minimum absolute atomic E-state index is 0.00890. The maximum atomic E-state index is 13.3. The zero-order chi connectivity index (χ0) is 21.7. The van der Waals surface area contributed by atoms with Gasteiger partial charge in [0.2, 0.25) is 0 Å². The molecule has 1 amide bonds. The van der Waals surface area contributed by atoms with Crippen molar-refractivity contribution in [1.29, 1.82) is 0 Å². The number of aromatic nitrogens is 5. The van der Waals surface area contributed by atoms with Crippen LogP contribution in [0.25, 0.3) is 17.3 Å². The molecule has 0 saturated heterocycles. The third kappa shape index (κ3) is 3.28. The van der Waals surface area contributed by atoms with E-state index in [1.807, 2.05) is 36.1 Å². The molecule has 0 atom stereocenters. The standard InChI is InChI=1S/C24H22N6O2/c1-15-20(24(31)29-11-9-16-4-2-3-5-19(16)14-29)13-26-30(15)21-12-18(8-10-25-21)23-27-22(28-32-23)17-6-7-17/h2-5,8,10,12-13,17H,6-7,9,11,14H2,1H3. The van der Waals surface area contributed by atoms with Crippen molar-refractivity contribution in [3.63, 3.8) is 0 Å². The van der Waals surface area contributed by atoms with Crippen LogP contribution in [0, 0.1) is 6.92 Å². The van der Waals surface area contributed by atoms with Crippen LogP contribution in [0.15, 0.2) is 53.3 Å². The number of fused-ring (bicyclic) bond motifs is 1. The summed E-state index contributed by atoms with van der Waals surface area (Å²) in [5, 5.41) is 8.55. The summed E-state index contributed by atoms with van der Waals surface area (Å²) >= 11 is 0. The van der Waals surface area contributed by atoms with E-state index in [0.29, 0.717) is 36.3 Å². The Morgan fingerprint density at radius 1 is 1.16 bits per heavy atom. The Morgan fingerprint density at radius 2 is 2.00 bits per heavy atom. The summed E-state index contributed by atoms with van der Waals surface area (Å²) in [6.07, 6.45) is 6.42. The molecule has 0 bridgehead atoms. The molecule has 1 fully saturated rings. The van der Waals surface area contributed by atoms with E-state index in [1.54, 1.807) is 17.1 Å². The molecular weight excluding hydrogens is 404 g/mol. The number of carbonyl (C=O) groups is 1. The summed E-state index contributed by atoms with van der Waals surface area (Å²) in [6.45, 7) is 3.22. The normalized spacial score (nSPS) is 15.6. The van der Waals surface area contributed by atoms with E-state index in [1.165, 1.54) is 11.1 Å². The van der Waals surface area contributed by atoms with Crippen LogP contribution in [0.3, 0.4) is 0 Å². The number of hydrogen-bond donors (Lipinski definition) is 0. The molecule has 32 heavy (non-hydrogen) atoms. The number of rotatable bonds is 4. The molecule has 4 aromatic rings. The van der Waals surface area contributed by atoms with Crippen molar-refractivity contribution < 1.29 is 9.32 Å². The van der Waals surface area contributed by atoms with Crippen molar-refractivity contribution in [2.45, 2.75) is 38.6 Å². The fraction of sp³-hybridized carbons (Fsp3) is 0.292. The lowest BCUT2D eigenvalue weighted by Gasteiger charge is -2.28. The van der Waals surface area contributed by atoms with E-state index in [9.17, 15) is 4.79 Å². The van der Waals surface area contributed by atoms with Crippen LogP contribution in [0.1, 0.15) is 51.8 Å². The predicted molar refractivity (Wildman–Crippen MR) is 116 cm³/mol. The first-order chi connectivity index (χ1) is 15.7. The van der Waals surface area contributed by atoms with Gasteiger partial charge >= 0.3 is 0 Å². The molecule has 8 heteroatoms. The molecule has 4 heterocycles. The number of hydrogen-bond acceptors (Lipinski definition) is 6. The van der Waals surface area contributed by atoms with E-state index in [2.05, 4.69) is 32.4 Å². The molecule has 160 valence electrons. The number of nitrogens with zero attached hydrogens (tertiary/aromatic N) is 6. The van der Waals surface area contributed by atoms with Crippen molar-refractivity contribution in [2.75, 3.05) is 6.54 Å². The first-order valence-electron chi connectivity index (χ1n) is 10.9. The van der Waals surface area contributed by atoms with Gasteiger partial charge in [0.1, 0.15) is 0 Å². The Kier molecular flexibility index (Phi) is 4.38. The van der Waals surface area contributed by atoms with Crippen LogP contribution in [0.4, 0.5) is 0 Å². The average Bonchev–Trinajstić information content (AvgIpc) is 3.43. The van der Waals surface area contributed by atoms with E-state index >= 15 is 0 Å². The average molecular weight is 426 g/mol. The van der Waals surface area contributed by atoms with E-state index in [0.717, 1.165) is 36.3 Å². The molecule has 0 unspecified atom stereocenters. The highest BCUT2D eigenvalue weighted by Gasteiger charge is 2.29. The number of benzene rings is 1. The van der Waals surface area contributed by atoms with Gasteiger partial charge in [-0.15, -0.1) is 0 Å². The zero-order valence-electron chi connectivity index (χ0n) is 17.7. The number of carbonyl (C=O) groups excluding carboxylic acids is 1. The molecular formula is C24H22N6O2. The Hall–Kier alpha value is -3.81. The van der Waals surface area contributed by atoms with Gasteiger partial charge in [-0.3, -0.25) is 4.79 Å². The first kappa shape index (κ1) is 18.9. The van der Waals surface area contributed by atoms with Crippen LogP contribution < -0.4 is 0 Å². The molecule has 2 aliphatic rings. The molecule has 0 spiro atoms. The van der Waals surface area contributed by atoms with Gasteiger partial charge in [0, 0.05) is 30.8 Å². The smallest absolute Gasteiger partial charge is 0.258 e. The maximum Gasteiger partial charge on any atom is 0.258 e. The van der Waals surface area contributed by atoms with Crippen molar-refractivity contribution in [1.82, 2.24) is 29.8 Å². The summed E-state index contributed by atoms with van der Waals surface area (Å²) in [7, 11) is 0. The minimum atomic E-state index is -0.00890. The van der Waals surface area contributed by atoms with E-state index in [-0.39, 0.29) is 5.91 Å². The fourth-order valence-electron chi connectivity index (χ4n) is 4.22. The van der Waals surface area contributed by atoms with Gasteiger partial charge < -0.3 is 9.42 Å². The summed E-state index contributed by atoms with van der Waals surface area (Å²) in [5.74, 6) is 2.27. The van der Waals surface area contributed by atoms with E-state index in [4.69, 9.17) is 4.52 Å². The van der Waals surface area contributed by atoms with Gasteiger partial charge in [0.15, 0.2) is 11.6 Å². The largest absolute Gasteiger partial charge is 0.334 e. The minimum Gasteiger partial charge on any atom is -0.334 e. The summed E-state index contributed by atoms with van der Waals surface area (Å²) in [6, 6.07) is 12.0. The van der Waals surface area contributed by atoms with Crippen LogP contribution in [-0.4, -0.2) is 42.3 Å². The lowest BCUT2D eigenvalue weighted by Crippen LogP contribution is -2.36. The topological polar surface area (TPSA) is 89.9 Å². The van der Waals surface area contributed by atoms with E-state index < -0.39 is 0 Å². The molecule has 1 saturated carbocycles. The second-order valence-corrected chi connectivity index (χ2v) is 8.44. The van der Waals surface area contributed by atoms with Gasteiger partial charge in [-0.05, 0) is 49.4 Å². The number of amides is 1. The molecule has 6 rings (SSSR count). The lowest BCUT2D eigenvalue weighted by molar-refractivity contribution is 0.0734. The van der Waals surface area contributed by atoms with Crippen LogP contribution in [0.2, 0.25) is 0 Å². The van der Waals surface area contributed by atoms with Crippen molar-refractivity contribution >= 4 is 5.91 Å². The van der Waals surface area contributed by atoms with Gasteiger partial charge in [-0.2, -0.15) is 10.1 Å². The number of pyridine rings is 1. The van der Waals surface area contributed by atoms with Crippen LogP contribution in [-0.2, 0) is 13.0 Å². The van der Waals surface area contributed by atoms with Gasteiger partial charge in [0.25, 0.3) is 11.8 Å². The van der Waals surface area contributed by atoms with Gasteiger partial charge in [-0.25, -0.2) is 9.67 Å². The highest BCUT2D eigenvalue weighted by Crippen LogP contribution is 2.39. The predicted octanol–water partition coefficient (Wildman–Crippen LogP) is 3.70. The second kappa shape index (κ2) is 7.40. The molecule has 1 aromatic carbocycles. The molecule has 3 aromatic heterocycles. The highest BCUT2D eigenvalue weighted by molar-refractivity contribution is 5.95. The molecule has 8 nitrogen and oxygen atoms in total. The SMILES string of the molecule is Cc1c(C(=O)N2CCc3ccccc3C2)cnn1-c1cc(-c2nc(C3CC3)no2)ccn1. The lowest BCUT2D eigenvalue weighted by atomic mass is 9.99. The Balaban J connectivity index is 1.27. The molecule has 1 aliphatic heterocycles. The fourth-order valence-corrected chi connectivity index (χ4v) is 4.22. The van der Waals surface area contributed by atoms with Crippen molar-refractivity contribution in [3.8, 4) is 17.3 Å². The van der Waals surface area contributed by atoms with Crippen LogP contribution >= 0.6 is 0 Å². The Morgan fingerprint density at radius 3 is 2.84 bits per heavy atom. The van der Waals surface area contributed by atoms with Crippen molar-refractivity contribution in [3.05, 3.63) is 77.0 Å². The van der Waals surface area contributed by atoms with Gasteiger partial charge in [0.05, 0.1) is 17.5 Å². The third-order valence-corrected chi connectivity index (χ3v) is 6.25. The zero-order valence-corrected chi connectivity index (χ0v) is 17.7. The molecule has 1 aliphatic carbocycles. The summed E-state index contributed by atoms with van der Waals surface area (Å²) in [5.41, 5.74) is 4.64. The highest BCUT2D eigenvalue weighted by atomic mass is 16.5. The van der Waals surface area contributed by atoms with Crippen molar-refractivity contribution in [2.24, 2.45) is 0 Å². The second-order valence-electron chi connectivity index (χ2n) is 8.44. The first-order valence-corrected chi connectivity index (χ1v) is 10.9. The van der Waals surface area contributed by atoms with Gasteiger partial charge in [-0.1, -0.05) is 29.4 Å².